The van der Waals surface area contributed by atoms with E-state index in [1.807, 2.05) is 6.92 Å². The topological polar surface area (TPSA) is 28.7 Å². The van der Waals surface area contributed by atoms with Crippen molar-refractivity contribution in [3.05, 3.63) is 44.6 Å². The van der Waals surface area contributed by atoms with Crippen molar-refractivity contribution in [3.63, 3.8) is 0 Å². The van der Waals surface area contributed by atoms with E-state index >= 15 is 0 Å². The summed E-state index contributed by atoms with van der Waals surface area (Å²) in [5, 5.41) is 0. The van der Waals surface area contributed by atoms with Crippen LogP contribution in [-0.4, -0.2) is 9.97 Å². The Labute approximate surface area is 116 Å². The molecule has 0 aliphatic rings. The maximum atomic E-state index is 13.2. The lowest BCUT2D eigenvalue weighted by Gasteiger charge is -2.07. The van der Waals surface area contributed by atoms with Crippen LogP contribution in [0.3, 0.4) is 0 Å². The van der Waals surface area contributed by atoms with Gasteiger partial charge >= 0.3 is 0 Å². The minimum absolute atomic E-state index is 0.334. The maximum absolute atomic E-state index is 13.2. The average Bonchev–Trinajstić information content (AvgIpc) is 2.31. The van der Waals surface area contributed by atoms with Crippen molar-refractivity contribution < 1.29 is 8.78 Å². The third-order valence-electron chi connectivity index (χ3n) is 2.42. The summed E-state index contributed by atoms with van der Waals surface area (Å²) in [4.78, 5) is 7.13. The molecule has 0 atom stereocenters. The molecule has 0 bridgehead atoms. The predicted octanol–water partition coefficient (Wildman–Crippen LogP) is 4.41. The molecule has 6 heteroatoms. The second kappa shape index (κ2) is 5.24. The van der Waals surface area contributed by atoms with Crippen LogP contribution in [0.4, 0.5) is 8.78 Å². The van der Waals surface area contributed by atoms with E-state index in [4.69, 9.17) is 12.2 Å². The lowest BCUT2D eigenvalue weighted by molar-refractivity contribution is 0.584. The van der Waals surface area contributed by atoms with Gasteiger partial charge in [0.1, 0.15) is 22.1 Å². The fraction of sp³-hybridized carbons (Fsp3) is 0.167. The van der Waals surface area contributed by atoms with E-state index < -0.39 is 11.6 Å². The molecule has 0 amide bonds. The summed E-state index contributed by atoms with van der Waals surface area (Å²) in [7, 11) is 0. The van der Waals surface area contributed by atoms with E-state index in [9.17, 15) is 8.78 Å². The van der Waals surface area contributed by atoms with Gasteiger partial charge in [-0.15, -0.1) is 0 Å². The summed E-state index contributed by atoms with van der Waals surface area (Å²) in [6.07, 6.45) is 0.706. The SMILES string of the molecule is CCc1[nH]c(-c2cc(F)cc(F)c2)nc(=S)c1Br. The third-order valence-corrected chi connectivity index (χ3v) is 3.84. The normalized spacial score (nSPS) is 10.7. The molecule has 0 unspecified atom stereocenters. The molecule has 0 aliphatic heterocycles. The molecule has 0 saturated carbocycles. The van der Waals surface area contributed by atoms with Crippen LogP contribution in [0.5, 0.6) is 0 Å². The van der Waals surface area contributed by atoms with Gasteiger partial charge in [0.15, 0.2) is 0 Å². The van der Waals surface area contributed by atoms with Gasteiger partial charge in [0, 0.05) is 17.3 Å². The molecule has 1 aromatic heterocycles. The molecule has 0 spiro atoms. The van der Waals surface area contributed by atoms with Crippen molar-refractivity contribution >= 4 is 28.1 Å². The highest BCUT2D eigenvalue weighted by Gasteiger charge is 2.09. The van der Waals surface area contributed by atoms with Crippen molar-refractivity contribution in [2.75, 3.05) is 0 Å². The first-order valence-electron chi connectivity index (χ1n) is 5.26. The molecular formula is C12H9BrF2N2S. The number of benzene rings is 1. The monoisotopic (exact) mass is 330 g/mol. The smallest absolute Gasteiger partial charge is 0.144 e. The largest absolute Gasteiger partial charge is 0.342 e. The number of nitrogens with zero attached hydrogens (tertiary/aromatic N) is 1. The summed E-state index contributed by atoms with van der Waals surface area (Å²) < 4.78 is 27.4. The molecule has 0 aliphatic carbocycles. The number of nitrogens with one attached hydrogen (secondary N) is 1. The van der Waals surface area contributed by atoms with Gasteiger partial charge in [0.2, 0.25) is 0 Å². The Kier molecular flexibility index (Phi) is 3.87. The summed E-state index contributed by atoms with van der Waals surface area (Å²) >= 11 is 8.42. The Morgan fingerprint density at radius 1 is 1.28 bits per heavy atom. The molecule has 1 heterocycles. The molecule has 0 fully saturated rings. The Balaban J connectivity index is 2.64. The quantitative estimate of drug-likeness (QED) is 0.826. The Morgan fingerprint density at radius 2 is 1.89 bits per heavy atom. The molecule has 2 aromatic rings. The summed E-state index contributed by atoms with van der Waals surface area (Å²) in [5.74, 6) is -0.933. The first kappa shape index (κ1) is 13.3. The molecule has 2 rings (SSSR count). The second-order valence-corrected chi connectivity index (χ2v) is 4.87. The van der Waals surface area contributed by atoms with E-state index in [1.54, 1.807) is 0 Å². The van der Waals surface area contributed by atoms with Crippen LogP contribution in [0.1, 0.15) is 12.6 Å². The van der Waals surface area contributed by atoms with Crippen LogP contribution in [0, 0.1) is 16.3 Å². The molecule has 1 N–H and O–H groups in total. The number of aromatic amines is 1. The summed E-state index contributed by atoms with van der Waals surface area (Å²) in [6.45, 7) is 1.95. The number of hydrogen-bond donors (Lipinski definition) is 1. The zero-order valence-corrected chi connectivity index (χ0v) is 11.8. The molecule has 0 saturated heterocycles. The van der Waals surface area contributed by atoms with Crippen LogP contribution in [-0.2, 0) is 6.42 Å². The van der Waals surface area contributed by atoms with Crippen LogP contribution >= 0.6 is 28.1 Å². The zero-order chi connectivity index (χ0) is 13.3. The fourth-order valence-electron chi connectivity index (χ4n) is 1.58. The number of rotatable bonds is 2. The first-order chi connectivity index (χ1) is 8.51. The Morgan fingerprint density at radius 3 is 2.44 bits per heavy atom. The van der Waals surface area contributed by atoms with Gasteiger partial charge in [0.25, 0.3) is 0 Å². The predicted molar refractivity (Wildman–Crippen MR) is 71.9 cm³/mol. The number of aryl methyl sites for hydroxylation is 1. The highest BCUT2D eigenvalue weighted by molar-refractivity contribution is 9.10. The number of H-pyrrole nitrogens is 1. The molecular weight excluding hydrogens is 322 g/mol. The zero-order valence-electron chi connectivity index (χ0n) is 9.43. The van der Waals surface area contributed by atoms with Crippen LogP contribution < -0.4 is 0 Å². The molecule has 94 valence electrons. The molecule has 0 radical (unpaired) electrons. The van der Waals surface area contributed by atoms with Gasteiger partial charge in [-0.25, -0.2) is 13.8 Å². The minimum Gasteiger partial charge on any atom is -0.342 e. The van der Waals surface area contributed by atoms with Crippen molar-refractivity contribution in [2.24, 2.45) is 0 Å². The highest BCUT2D eigenvalue weighted by Crippen LogP contribution is 2.22. The van der Waals surface area contributed by atoms with Crippen molar-refractivity contribution in [3.8, 4) is 11.4 Å². The average molecular weight is 331 g/mol. The molecule has 18 heavy (non-hydrogen) atoms. The first-order valence-corrected chi connectivity index (χ1v) is 6.46. The van der Waals surface area contributed by atoms with E-state index in [0.29, 0.717) is 26.9 Å². The Hall–Kier alpha value is -1.14. The lowest BCUT2D eigenvalue weighted by atomic mass is 10.2. The van der Waals surface area contributed by atoms with Gasteiger partial charge in [-0.2, -0.15) is 0 Å². The van der Waals surface area contributed by atoms with E-state index in [1.165, 1.54) is 12.1 Å². The van der Waals surface area contributed by atoms with Gasteiger partial charge in [-0.1, -0.05) is 19.1 Å². The number of halogens is 3. The highest BCUT2D eigenvalue weighted by atomic mass is 79.9. The Bertz CT molecular complexity index is 635. The van der Waals surface area contributed by atoms with Gasteiger partial charge in [-0.05, 0) is 34.5 Å². The molecule has 1 aromatic carbocycles. The van der Waals surface area contributed by atoms with Gasteiger partial charge < -0.3 is 4.98 Å². The van der Waals surface area contributed by atoms with Crippen LogP contribution in [0.15, 0.2) is 22.7 Å². The standard InChI is InChI=1S/C12H9BrF2N2S/c1-2-9-10(13)12(18)17-11(16-9)6-3-7(14)5-8(15)4-6/h3-5H,2H2,1H3,(H,16,17,18). The summed E-state index contributed by atoms with van der Waals surface area (Å²) in [5.41, 5.74) is 1.18. The van der Waals surface area contributed by atoms with Crippen molar-refractivity contribution in [2.45, 2.75) is 13.3 Å². The maximum Gasteiger partial charge on any atom is 0.144 e. The fourth-order valence-corrected chi connectivity index (χ4v) is 2.26. The van der Waals surface area contributed by atoms with Crippen LogP contribution in [0.25, 0.3) is 11.4 Å². The second-order valence-electron chi connectivity index (χ2n) is 3.69. The van der Waals surface area contributed by atoms with E-state index in [-0.39, 0.29) is 0 Å². The van der Waals surface area contributed by atoms with Crippen molar-refractivity contribution in [1.82, 2.24) is 9.97 Å². The van der Waals surface area contributed by atoms with E-state index in [0.717, 1.165) is 11.8 Å². The van der Waals surface area contributed by atoms with Gasteiger partial charge in [-0.3, -0.25) is 0 Å². The van der Waals surface area contributed by atoms with Gasteiger partial charge in [0.05, 0.1) is 4.47 Å². The molecule has 2 nitrogen and oxygen atoms in total. The lowest BCUT2D eigenvalue weighted by Crippen LogP contribution is -1.98. The van der Waals surface area contributed by atoms with Crippen molar-refractivity contribution in [1.29, 1.82) is 0 Å². The number of hydrogen-bond acceptors (Lipinski definition) is 2. The minimum atomic E-state index is -0.646. The van der Waals surface area contributed by atoms with E-state index in [2.05, 4.69) is 25.9 Å². The third kappa shape index (κ3) is 2.64. The summed E-state index contributed by atoms with van der Waals surface area (Å²) in [6, 6.07) is 3.24. The number of aromatic nitrogens is 2. The van der Waals surface area contributed by atoms with Crippen LogP contribution in [0.2, 0.25) is 0 Å².